The molecule has 226 valence electrons. The molecule has 0 aromatic heterocycles. The van der Waals surface area contributed by atoms with E-state index in [0.29, 0.717) is 0 Å². The standard InChI is InChI=1S/C28H41N3O3.Al.Mg.5H2O/c1-27(2,19-23-13-9-7-10-14-23)29(5)25(33)21-31(17-18-32)22-26(34)30(6)28(3,4)20-24-15-11-8-12-16-24;;;;;;;/h7-16,32H,17-22H2,1-6H3;;;5*1H2/q;+3;+2;;;;;/p-5. The number of nitrogens with zero attached hydrogens (tertiary/aromatic N) is 3. The molecule has 0 saturated carbocycles. The quantitative estimate of drug-likeness (QED) is 0.348. The van der Waals surface area contributed by atoms with Crippen molar-refractivity contribution in [2.24, 2.45) is 0 Å². The van der Waals surface area contributed by atoms with Gasteiger partial charge >= 0.3 is 40.4 Å². The van der Waals surface area contributed by atoms with E-state index in [0.717, 1.165) is 24.0 Å². The van der Waals surface area contributed by atoms with Crippen LogP contribution >= 0.6 is 0 Å². The fourth-order valence-corrected chi connectivity index (χ4v) is 4.05. The minimum Gasteiger partial charge on any atom is -0.870 e. The Balaban J connectivity index is -0.000000437. The summed E-state index contributed by atoms with van der Waals surface area (Å²) in [6, 6.07) is 20.2. The molecule has 13 heteroatoms. The van der Waals surface area contributed by atoms with E-state index in [9.17, 15) is 14.7 Å². The SMILES string of the molecule is CN(C(=O)CN(CCO)CC(=O)N(C)C(C)(C)Cc1ccccc1)C(C)(C)Cc1ccccc1.[Al+3].[Mg+2].[OH-].[OH-].[OH-].[OH-].[OH-]. The molecule has 2 amide bonds. The number of rotatable bonds is 12. The summed E-state index contributed by atoms with van der Waals surface area (Å²) in [5, 5.41) is 9.56. The molecule has 6 N–H and O–H groups in total. The average molecular weight is 604 g/mol. The Kier molecular flexibility index (Phi) is 30.4. The van der Waals surface area contributed by atoms with Crippen LogP contribution in [0.1, 0.15) is 38.8 Å². The first-order chi connectivity index (χ1) is 16.0. The molecule has 0 aliphatic rings. The van der Waals surface area contributed by atoms with Crippen LogP contribution in [-0.4, -0.2) is 151 Å². The van der Waals surface area contributed by atoms with Crippen LogP contribution in [0.15, 0.2) is 60.7 Å². The maximum Gasteiger partial charge on any atom is 3.00 e. The largest absolute Gasteiger partial charge is 3.00 e. The van der Waals surface area contributed by atoms with Gasteiger partial charge in [-0.3, -0.25) is 14.5 Å². The van der Waals surface area contributed by atoms with E-state index in [1.807, 2.05) is 64.1 Å². The van der Waals surface area contributed by atoms with Crippen molar-refractivity contribution in [2.45, 2.75) is 51.6 Å². The number of aliphatic hydroxyl groups excluding tert-OH is 1. The zero-order chi connectivity index (χ0) is 25.4. The van der Waals surface area contributed by atoms with Crippen molar-refractivity contribution in [3.05, 3.63) is 71.8 Å². The molecule has 0 unspecified atom stereocenters. The van der Waals surface area contributed by atoms with Crippen LogP contribution in [0.4, 0.5) is 0 Å². The molecule has 0 atom stereocenters. The molecular formula is C28H46AlMgN3O8. The normalized spacial score (nSPS) is 9.95. The van der Waals surface area contributed by atoms with E-state index in [1.165, 1.54) is 0 Å². The van der Waals surface area contributed by atoms with Gasteiger partial charge in [0.15, 0.2) is 0 Å². The molecule has 41 heavy (non-hydrogen) atoms. The Morgan fingerprint density at radius 2 is 0.951 bits per heavy atom. The van der Waals surface area contributed by atoms with Gasteiger partial charge in [-0.2, -0.15) is 0 Å². The molecule has 2 aromatic rings. The number of aliphatic hydroxyl groups is 1. The molecular weight excluding hydrogens is 558 g/mol. The van der Waals surface area contributed by atoms with E-state index in [4.69, 9.17) is 0 Å². The number of amides is 2. The summed E-state index contributed by atoms with van der Waals surface area (Å²) in [5.41, 5.74) is 1.55. The van der Waals surface area contributed by atoms with E-state index < -0.39 is 0 Å². The van der Waals surface area contributed by atoms with Gasteiger partial charge in [0.05, 0.1) is 19.7 Å². The molecule has 0 saturated heterocycles. The maximum atomic E-state index is 13.1. The van der Waals surface area contributed by atoms with Crippen molar-refractivity contribution in [3.63, 3.8) is 0 Å². The number of carbonyl (C=O) groups is 2. The van der Waals surface area contributed by atoms with E-state index >= 15 is 0 Å². The second kappa shape index (κ2) is 23.9. The third kappa shape index (κ3) is 16.6. The first-order valence-electron chi connectivity index (χ1n) is 11.9. The number of hydrogen-bond acceptors (Lipinski definition) is 9. The van der Waals surface area contributed by atoms with Crippen LogP contribution in [0.2, 0.25) is 0 Å². The second-order valence-electron chi connectivity index (χ2n) is 10.3. The van der Waals surface area contributed by atoms with Crippen LogP contribution in [0, 0.1) is 0 Å². The van der Waals surface area contributed by atoms with Gasteiger partial charge < -0.3 is 42.3 Å². The Bertz CT molecular complexity index is 867. The molecule has 0 bridgehead atoms. The van der Waals surface area contributed by atoms with Crippen LogP contribution in [-0.2, 0) is 22.4 Å². The molecule has 2 aromatic carbocycles. The van der Waals surface area contributed by atoms with Gasteiger partial charge in [-0.25, -0.2) is 0 Å². The van der Waals surface area contributed by atoms with Gasteiger partial charge in [0, 0.05) is 31.7 Å². The molecule has 0 aliphatic heterocycles. The predicted octanol–water partition coefficient (Wildman–Crippen LogP) is 1.59. The second-order valence-corrected chi connectivity index (χ2v) is 10.3. The van der Waals surface area contributed by atoms with E-state index in [-0.39, 0.29) is 117 Å². The zero-order valence-electron chi connectivity index (χ0n) is 25.1. The molecule has 11 nitrogen and oxygen atoms in total. The summed E-state index contributed by atoms with van der Waals surface area (Å²) in [5.74, 6) is -0.151. The first kappa shape index (κ1) is 52.1. The predicted molar refractivity (Wildman–Crippen MR) is 159 cm³/mol. The molecule has 0 heterocycles. The number of hydrogen-bond donors (Lipinski definition) is 1. The van der Waals surface area contributed by atoms with E-state index in [2.05, 4.69) is 24.3 Å². The Morgan fingerprint density at radius 3 is 1.22 bits per heavy atom. The fourth-order valence-electron chi connectivity index (χ4n) is 4.05. The summed E-state index contributed by atoms with van der Waals surface area (Å²) < 4.78 is 0. The first-order valence-corrected chi connectivity index (χ1v) is 11.9. The molecule has 2 rings (SSSR count). The third-order valence-corrected chi connectivity index (χ3v) is 6.66. The summed E-state index contributed by atoms with van der Waals surface area (Å²) in [6.07, 6.45) is 1.46. The number of carbonyl (C=O) groups excluding carboxylic acids is 2. The van der Waals surface area contributed by atoms with E-state index in [1.54, 1.807) is 28.8 Å². The zero-order valence-corrected chi connectivity index (χ0v) is 27.7. The minimum atomic E-state index is -0.387. The Hall–Kier alpha value is -1.60. The molecule has 0 radical (unpaired) electrons. The summed E-state index contributed by atoms with van der Waals surface area (Å²) in [6.45, 7) is 8.46. The van der Waals surface area contributed by atoms with Gasteiger partial charge in [-0.05, 0) is 51.7 Å². The molecule has 0 spiro atoms. The van der Waals surface area contributed by atoms with Crippen molar-refractivity contribution in [1.82, 2.24) is 14.7 Å². The van der Waals surface area contributed by atoms with Gasteiger partial charge in [-0.15, -0.1) is 0 Å². The average Bonchev–Trinajstić information content (AvgIpc) is 2.78. The van der Waals surface area contributed by atoms with Crippen LogP contribution in [0.25, 0.3) is 0 Å². The van der Waals surface area contributed by atoms with Crippen molar-refractivity contribution in [3.8, 4) is 0 Å². The summed E-state index contributed by atoms with van der Waals surface area (Å²) >= 11 is 0. The van der Waals surface area contributed by atoms with Gasteiger partial charge in [0.1, 0.15) is 0 Å². The van der Waals surface area contributed by atoms with Crippen LogP contribution in [0.3, 0.4) is 0 Å². The van der Waals surface area contributed by atoms with Crippen molar-refractivity contribution < 1.29 is 42.1 Å². The smallest absolute Gasteiger partial charge is 0.870 e. The van der Waals surface area contributed by atoms with Crippen molar-refractivity contribution in [1.29, 1.82) is 0 Å². The summed E-state index contributed by atoms with van der Waals surface area (Å²) in [7, 11) is 3.61. The Labute approximate surface area is 271 Å². The van der Waals surface area contributed by atoms with Gasteiger partial charge in [0.2, 0.25) is 11.8 Å². The van der Waals surface area contributed by atoms with Crippen molar-refractivity contribution >= 4 is 52.2 Å². The maximum absolute atomic E-state index is 13.1. The third-order valence-electron chi connectivity index (χ3n) is 6.66. The molecule has 0 fully saturated rings. The topological polar surface area (TPSA) is 214 Å². The van der Waals surface area contributed by atoms with Crippen LogP contribution < -0.4 is 0 Å². The molecule has 0 aliphatic carbocycles. The van der Waals surface area contributed by atoms with Gasteiger partial charge in [0.25, 0.3) is 0 Å². The van der Waals surface area contributed by atoms with Crippen molar-refractivity contribution in [2.75, 3.05) is 40.3 Å². The summed E-state index contributed by atoms with van der Waals surface area (Å²) in [4.78, 5) is 31.5. The van der Waals surface area contributed by atoms with Crippen LogP contribution in [0.5, 0.6) is 0 Å². The monoisotopic (exact) mass is 603 g/mol. The Morgan fingerprint density at radius 1 is 0.659 bits per heavy atom. The van der Waals surface area contributed by atoms with Gasteiger partial charge in [-0.1, -0.05) is 60.7 Å². The number of benzene rings is 2. The fraction of sp³-hybridized carbons (Fsp3) is 0.500. The minimum absolute atomic E-state index is 0. The number of likely N-dealkylation sites (N-methyl/N-ethyl adjacent to an activating group) is 2.